The second-order valence-corrected chi connectivity index (χ2v) is 5.65. The van der Waals surface area contributed by atoms with Gasteiger partial charge in [0, 0.05) is 13.6 Å². The second kappa shape index (κ2) is 8.73. The molecule has 1 aromatic heterocycles. The normalized spacial score (nSPS) is 11.4. The van der Waals surface area contributed by atoms with Crippen LogP contribution >= 0.6 is 0 Å². The molecule has 0 saturated heterocycles. The summed E-state index contributed by atoms with van der Waals surface area (Å²) in [6, 6.07) is 8.41. The topological polar surface area (TPSA) is 71.8 Å². The van der Waals surface area contributed by atoms with E-state index in [-0.39, 0.29) is 11.8 Å². The van der Waals surface area contributed by atoms with Crippen LogP contribution in [0.2, 0.25) is 0 Å². The zero-order valence-corrected chi connectivity index (χ0v) is 14.4. The van der Waals surface area contributed by atoms with E-state index >= 15 is 0 Å². The van der Waals surface area contributed by atoms with Crippen molar-refractivity contribution >= 4 is 11.8 Å². The van der Waals surface area contributed by atoms with Gasteiger partial charge in [-0.1, -0.05) is 24.8 Å². The van der Waals surface area contributed by atoms with Crippen molar-refractivity contribution in [3.8, 4) is 5.75 Å². The maximum absolute atomic E-state index is 12.4. The lowest BCUT2D eigenvalue weighted by molar-refractivity contribution is -0.132. The van der Waals surface area contributed by atoms with Gasteiger partial charge in [0.1, 0.15) is 24.7 Å². The van der Waals surface area contributed by atoms with E-state index in [2.05, 4.69) is 11.9 Å². The summed E-state index contributed by atoms with van der Waals surface area (Å²) < 4.78 is 10.3. The first-order chi connectivity index (χ1) is 12.0. The van der Waals surface area contributed by atoms with Gasteiger partial charge < -0.3 is 19.4 Å². The molecule has 0 bridgehead atoms. The van der Waals surface area contributed by atoms with E-state index in [1.807, 2.05) is 24.3 Å². The van der Waals surface area contributed by atoms with E-state index in [1.165, 1.54) is 12.5 Å². The molecule has 2 rings (SSSR count). The Morgan fingerprint density at radius 2 is 2.04 bits per heavy atom. The highest BCUT2D eigenvalue weighted by Crippen LogP contribution is 2.13. The largest absolute Gasteiger partial charge is 0.490 e. The first-order valence-electron chi connectivity index (χ1n) is 7.92. The molecule has 2 aromatic rings. The second-order valence-electron chi connectivity index (χ2n) is 5.65. The average molecular weight is 342 g/mol. The summed E-state index contributed by atoms with van der Waals surface area (Å²) in [6.07, 6.45) is 4.43. The van der Waals surface area contributed by atoms with Crippen molar-refractivity contribution in [2.75, 3.05) is 13.7 Å². The van der Waals surface area contributed by atoms with Crippen LogP contribution in [-0.4, -0.2) is 36.4 Å². The molecule has 6 nitrogen and oxygen atoms in total. The standard InChI is InChI=1S/C19H22N2O4/c1-4-10-25-17-7-5-15(6-8-17)12-21(3)19(23)14(2)20-18(22)16-9-11-24-13-16/h4-9,11,13-14H,1,10,12H2,2-3H3,(H,20,22)/t14-/m0/s1. The van der Waals surface area contributed by atoms with Crippen molar-refractivity contribution in [1.29, 1.82) is 0 Å². The zero-order valence-electron chi connectivity index (χ0n) is 14.4. The highest BCUT2D eigenvalue weighted by Gasteiger charge is 2.20. The molecule has 0 unspecified atom stereocenters. The van der Waals surface area contributed by atoms with Crippen LogP contribution in [0.3, 0.4) is 0 Å². The number of likely N-dealkylation sites (N-methyl/N-ethyl adjacent to an activating group) is 1. The number of nitrogens with one attached hydrogen (secondary N) is 1. The molecule has 1 aromatic carbocycles. The van der Waals surface area contributed by atoms with E-state index < -0.39 is 6.04 Å². The Morgan fingerprint density at radius 1 is 1.32 bits per heavy atom. The van der Waals surface area contributed by atoms with Gasteiger partial charge in [0.2, 0.25) is 5.91 Å². The third kappa shape index (κ3) is 5.24. The molecule has 1 heterocycles. The molecular formula is C19H22N2O4. The molecule has 2 amide bonds. The van der Waals surface area contributed by atoms with Crippen molar-refractivity contribution in [1.82, 2.24) is 10.2 Å². The minimum absolute atomic E-state index is 0.177. The number of carbonyl (C=O) groups excluding carboxylic acids is 2. The molecule has 0 aliphatic heterocycles. The van der Waals surface area contributed by atoms with Gasteiger partial charge in [0.25, 0.3) is 5.91 Å². The quantitative estimate of drug-likeness (QED) is 0.749. The van der Waals surface area contributed by atoms with E-state index in [0.717, 1.165) is 11.3 Å². The molecule has 6 heteroatoms. The molecule has 132 valence electrons. The Hall–Kier alpha value is -3.02. The highest BCUT2D eigenvalue weighted by atomic mass is 16.5. The van der Waals surface area contributed by atoms with Gasteiger partial charge in [-0.15, -0.1) is 0 Å². The van der Waals surface area contributed by atoms with E-state index in [1.54, 1.807) is 31.0 Å². The predicted octanol–water partition coefficient (Wildman–Crippen LogP) is 2.62. The Morgan fingerprint density at radius 3 is 2.64 bits per heavy atom. The van der Waals surface area contributed by atoms with Crippen LogP contribution < -0.4 is 10.1 Å². The van der Waals surface area contributed by atoms with Crippen LogP contribution in [0.5, 0.6) is 5.75 Å². The van der Waals surface area contributed by atoms with E-state index in [9.17, 15) is 9.59 Å². The maximum Gasteiger partial charge on any atom is 0.255 e. The van der Waals surface area contributed by atoms with Gasteiger partial charge >= 0.3 is 0 Å². The number of nitrogens with zero attached hydrogens (tertiary/aromatic N) is 1. The fourth-order valence-electron chi connectivity index (χ4n) is 2.26. The summed E-state index contributed by atoms with van der Waals surface area (Å²) in [7, 11) is 1.70. The lowest BCUT2D eigenvalue weighted by atomic mass is 10.2. The number of hydrogen-bond donors (Lipinski definition) is 1. The molecule has 0 aliphatic carbocycles. The fraction of sp³-hybridized carbons (Fsp3) is 0.263. The van der Waals surface area contributed by atoms with Crippen LogP contribution in [0.4, 0.5) is 0 Å². The summed E-state index contributed by atoms with van der Waals surface area (Å²) in [5, 5.41) is 2.66. The molecule has 0 saturated carbocycles. The number of benzene rings is 1. The molecular weight excluding hydrogens is 320 g/mol. The van der Waals surface area contributed by atoms with Gasteiger partial charge in [-0.05, 0) is 30.7 Å². The van der Waals surface area contributed by atoms with Gasteiger partial charge in [-0.3, -0.25) is 9.59 Å². The average Bonchev–Trinajstić information content (AvgIpc) is 3.15. The number of rotatable bonds is 8. The molecule has 0 radical (unpaired) electrons. The zero-order chi connectivity index (χ0) is 18.2. The smallest absolute Gasteiger partial charge is 0.255 e. The minimum Gasteiger partial charge on any atom is -0.490 e. The Labute approximate surface area is 147 Å². The van der Waals surface area contributed by atoms with Crippen molar-refractivity contribution in [3.05, 3.63) is 66.6 Å². The third-order valence-corrected chi connectivity index (χ3v) is 3.59. The number of amides is 2. The summed E-state index contributed by atoms with van der Waals surface area (Å²) in [5.74, 6) is 0.230. The predicted molar refractivity (Wildman–Crippen MR) is 94.2 cm³/mol. The summed E-state index contributed by atoms with van der Waals surface area (Å²) >= 11 is 0. The van der Waals surface area contributed by atoms with Crippen LogP contribution in [0, 0.1) is 0 Å². The molecule has 0 spiro atoms. The van der Waals surface area contributed by atoms with Crippen LogP contribution in [0.1, 0.15) is 22.8 Å². The molecule has 0 aliphatic rings. The molecule has 0 fully saturated rings. The van der Waals surface area contributed by atoms with Gasteiger partial charge in [0.05, 0.1) is 11.8 Å². The fourth-order valence-corrected chi connectivity index (χ4v) is 2.26. The van der Waals surface area contributed by atoms with E-state index in [0.29, 0.717) is 18.7 Å². The highest BCUT2D eigenvalue weighted by molar-refractivity contribution is 5.97. The molecule has 1 atom stereocenters. The summed E-state index contributed by atoms with van der Waals surface area (Å²) in [6.45, 7) is 6.14. The number of carbonyl (C=O) groups is 2. The monoisotopic (exact) mass is 342 g/mol. The summed E-state index contributed by atoms with van der Waals surface area (Å²) in [4.78, 5) is 25.9. The van der Waals surface area contributed by atoms with Crippen LogP contribution in [0.15, 0.2) is 59.9 Å². The lowest BCUT2D eigenvalue weighted by Gasteiger charge is -2.22. The Kier molecular flexibility index (Phi) is 6.39. The Balaban J connectivity index is 1.88. The van der Waals surface area contributed by atoms with Crippen molar-refractivity contribution < 1.29 is 18.7 Å². The number of hydrogen-bond acceptors (Lipinski definition) is 4. The molecule has 1 N–H and O–H groups in total. The van der Waals surface area contributed by atoms with Crippen LogP contribution in [-0.2, 0) is 11.3 Å². The summed E-state index contributed by atoms with van der Waals surface area (Å²) in [5.41, 5.74) is 1.35. The Bertz CT molecular complexity index is 708. The van der Waals surface area contributed by atoms with Gasteiger partial charge in [-0.25, -0.2) is 0 Å². The van der Waals surface area contributed by atoms with Crippen molar-refractivity contribution in [2.45, 2.75) is 19.5 Å². The first-order valence-corrected chi connectivity index (χ1v) is 7.92. The first kappa shape index (κ1) is 18.3. The molecule has 25 heavy (non-hydrogen) atoms. The number of furan rings is 1. The minimum atomic E-state index is -0.636. The van der Waals surface area contributed by atoms with Crippen molar-refractivity contribution in [2.24, 2.45) is 0 Å². The third-order valence-electron chi connectivity index (χ3n) is 3.59. The number of ether oxygens (including phenoxy) is 1. The van der Waals surface area contributed by atoms with Crippen LogP contribution in [0.25, 0.3) is 0 Å². The van der Waals surface area contributed by atoms with Gasteiger partial charge in [-0.2, -0.15) is 0 Å². The van der Waals surface area contributed by atoms with Gasteiger partial charge in [0.15, 0.2) is 0 Å². The SMILES string of the molecule is C=CCOc1ccc(CN(C)C(=O)[C@H](C)NC(=O)c2ccoc2)cc1. The van der Waals surface area contributed by atoms with E-state index in [4.69, 9.17) is 9.15 Å². The maximum atomic E-state index is 12.4. The van der Waals surface area contributed by atoms with Crippen molar-refractivity contribution in [3.63, 3.8) is 0 Å². The lowest BCUT2D eigenvalue weighted by Crippen LogP contribution is -2.45.